The number of halogens is 2. The molecule has 7 heteroatoms. The first-order valence-corrected chi connectivity index (χ1v) is 12.7. The number of rotatable bonds is 6. The smallest absolute Gasteiger partial charge is 0.341 e. The van der Waals surface area contributed by atoms with Gasteiger partial charge in [0.05, 0.1) is 20.8 Å². The number of alkyl halides is 2. The van der Waals surface area contributed by atoms with E-state index in [-0.39, 0.29) is 15.1 Å². The fourth-order valence-corrected chi connectivity index (χ4v) is 6.85. The maximum atomic E-state index is 13.0. The van der Waals surface area contributed by atoms with E-state index in [4.69, 9.17) is 4.74 Å². The number of benzene rings is 1. The zero-order valence-corrected chi connectivity index (χ0v) is 21.1. The van der Waals surface area contributed by atoms with Gasteiger partial charge in [-0.15, -0.1) is 11.3 Å². The lowest BCUT2D eigenvalue weighted by molar-refractivity contribution is -0.120. The van der Waals surface area contributed by atoms with Crippen LogP contribution in [0.5, 0.6) is 0 Å². The molecule has 1 amide bonds. The van der Waals surface area contributed by atoms with Gasteiger partial charge in [-0.3, -0.25) is 4.79 Å². The first-order valence-electron chi connectivity index (χ1n) is 10.3. The minimum Gasteiger partial charge on any atom is -0.462 e. The van der Waals surface area contributed by atoms with Crippen LogP contribution >= 0.6 is 43.2 Å². The number of esters is 1. The number of amides is 1. The van der Waals surface area contributed by atoms with E-state index in [2.05, 4.69) is 61.4 Å². The Labute approximate surface area is 198 Å². The standard InChI is InChI=1S/C23H25Br2NO3S/c1-3-11-29-20(27)18-16-10-9-15(14-7-5-4-6-8-14)12-17(16)30-19(18)26-21(28)22(2)13-23(22,24)25/h4-8,15H,3,9-13H2,1-2H3,(H,26,28). The molecule has 4 nitrogen and oxygen atoms in total. The number of nitrogens with one attached hydrogen (secondary N) is 1. The summed E-state index contributed by atoms with van der Waals surface area (Å²) in [4.78, 5) is 27.1. The number of carbonyl (C=O) groups is 2. The molecule has 1 fully saturated rings. The second kappa shape index (κ2) is 8.40. The monoisotopic (exact) mass is 553 g/mol. The Bertz CT molecular complexity index is 972. The summed E-state index contributed by atoms with van der Waals surface area (Å²) in [5.41, 5.74) is 2.39. The van der Waals surface area contributed by atoms with Crippen LogP contribution in [0.1, 0.15) is 65.4 Å². The summed E-state index contributed by atoms with van der Waals surface area (Å²) in [5.74, 6) is 0.0193. The van der Waals surface area contributed by atoms with Crippen molar-refractivity contribution < 1.29 is 14.3 Å². The van der Waals surface area contributed by atoms with Crippen LogP contribution < -0.4 is 5.32 Å². The van der Waals surface area contributed by atoms with Crippen LogP contribution in [0, 0.1) is 5.41 Å². The highest BCUT2D eigenvalue weighted by atomic mass is 79.9. The number of hydrogen-bond acceptors (Lipinski definition) is 4. The Balaban J connectivity index is 1.63. The molecular weight excluding hydrogens is 530 g/mol. The predicted molar refractivity (Wildman–Crippen MR) is 128 cm³/mol. The van der Waals surface area contributed by atoms with Gasteiger partial charge in [-0.25, -0.2) is 4.79 Å². The molecule has 2 aliphatic rings. The second-order valence-corrected chi connectivity index (χ2v) is 13.2. The van der Waals surface area contributed by atoms with Gasteiger partial charge in [0.1, 0.15) is 5.00 Å². The van der Waals surface area contributed by atoms with Gasteiger partial charge in [-0.1, -0.05) is 69.1 Å². The van der Waals surface area contributed by atoms with E-state index in [0.717, 1.165) is 31.2 Å². The van der Waals surface area contributed by atoms with Gasteiger partial charge >= 0.3 is 5.97 Å². The molecule has 0 saturated heterocycles. The van der Waals surface area contributed by atoms with Crippen LogP contribution in [0.15, 0.2) is 30.3 Å². The van der Waals surface area contributed by atoms with Crippen molar-refractivity contribution in [2.24, 2.45) is 5.41 Å². The molecule has 0 aliphatic heterocycles. The molecule has 1 saturated carbocycles. The summed E-state index contributed by atoms with van der Waals surface area (Å²) in [6.07, 6.45) is 4.15. The Morgan fingerprint density at radius 3 is 2.60 bits per heavy atom. The van der Waals surface area contributed by atoms with Crippen molar-refractivity contribution in [2.45, 2.75) is 55.1 Å². The molecule has 1 heterocycles. The molecule has 160 valence electrons. The van der Waals surface area contributed by atoms with Gasteiger partial charge in [-0.2, -0.15) is 0 Å². The summed E-state index contributed by atoms with van der Waals surface area (Å²) in [6.45, 7) is 4.27. The third-order valence-electron chi connectivity index (χ3n) is 6.16. The SMILES string of the molecule is CCCOC(=O)c1c(NC(=O)C2(C)CC2(Br)Br)sc2c1CCC(c1ccccc1)C2. The van der Waals surface area contributed by atoms with Crippen molar-refractivity contribution in [3.05, 3.63) is 51.9 Å². The maximum absolute atomic E-state index is 13.0. The molecule has 2 atom stereocenters. The van der Waals surface area contributed by atoms with Crippen LogP contribution in [-0.4, -0.2) is 21.7 Å². The molecule has 4 rings (SSSR count). The first-order chi connectivity index (χ1) is 14.3. The zero-order chi connectivity index (χ0) is 21.5. The van der Waals surface area contributed by atoms with Gasteiger partial charge in [0.2, 0.25) is 5.91 Å². The molecule has 2 aliphatic carbocycles. The number of hydrogen-bond donors (Lipinski definition) is 1. The molecule has 1 aromatic carbocycles. The van der Waals surface area contributed by atoms with E-state index in [1.165, 1.54) is 21.8 Å². The Hall–Kier alpha value is -1.18. The third-order valence-corrected chi connectivity index (χ3v) is 9.64. The van der Waals surface area contributed by atoms with Gasteiger partial charge in [0, 0.05) is 4.88 Å². The largest absolute Gasteiger partial charge is 0.462 e. The van der Waals surface area contributed by atoms with Crippen molar-refractivity contribution in [1.82, 2.24) is 0 Å². The molecule has 0 radical (unpaired) electrons. The summed E-state index contributed by atoms with van der Waals surface area (Å²) in [7, 11) is 0. The van der Waals surface area contributed by atoms with Gasteiger partial charge in [-0.05, 0) is 56.1 Å². The minimum absolute atomic E-state index is 0.0843. The molecule has 2 aromatic rings. The molecule has 1 aromatic heterocycles. The lowest BCUT2D eigenvalue weighted by Crippen LogP contribution is -2.26. The van der Waals surface area contributed by atoms with Gasteiger partial charge in [0.15, 0.2) is 0 Å². The Morgan fingerprint density at radius 1 is 1.27 bits per heavy atom. The quantitative estimate of drug-likeness (QED) is 0.331. The van der Waals surface area contributed by atoms with Crippen LogP contribution in [0.2, 0.25) is 0 Å². The zero-order valence-electron chi connectivity index (χ0n) is 17.1. The molecule has 1 N–H and O–H groups in total. The van der Waals surface area contributed by atoms with Crippen molar-refractivity contribution in [1.29, 1.82) is 0 Å². The van der Waals surface area contributed by atoms with Crippen LogP contribution in [-0.2, 0) is 22.4 Å². The van der Waals surface area contributed by atoms with E-state index in [9.17, 15) is 9.59 Å². The number of fused-ring (bicyclic) bond motifs is 1. The van der Waals surface area contributed by atoms with Crippen LogP contribution in [0.3, 0.4) is 0 Å². The van der Waals surface area contributed by atoms with Crippen molar-refractivity contribution in [3.8, 4) is 0 Å². The number of carbonyl (C=O) groups excluding carboxylic acids is 2. The van der Waals surface area contributed by atoms with Crippen molar-refractivity contribution >= 4 is 60.1 Å². The number of ether oxygens (including phenoxy) is 1. The predicted octanol–water partition coefficient (Wildman–Crippen LogP) is 6.42. The Kier molecular flexibility index (Phi) is 6.17. The molecular formula is C23H25Br2NO3S. The van der Waals surface area contributed by atoms with Crippen LogP contribution in [0.4, 0.5) is 5.00 Å². The van der Waals surface area contributed by atoms with E-state index in [1.54, 1.807) is 0 Å². The highest BCUT2D eigenvalue weighted by Gasteiger charge is 2.66. The van der Waals surface area contributed by atoms with Crippen molar-refractivity contribution in [2.75, 3.05) is 11.9 Å². The fourth-order valence-electron chi connectivity index (χ4n) is 4.05. The highest BCUT2D eigenvalue weighted by molar-refractivity contribution is 9.25. The van der Waals surface area contributed by atoms with E-state index < -0.39 is 5.41 Å². The summed E-state index contributed by atoms with van der Waals surface area (Å²) in [5, 5.41) is 3.68. The lowest BCUT2D eigenvalue weighted by atomic mass is 9.83. The molecule has 0 bridgehead atoms. The van der Waals surface area contributed by atoms with Crippen LogP contribution in [0.25, 0.3) is 0 Å². The van der Waals surface area contributed by atoms with E-state index in [1.807, 2.05) is 19.9 Å². The van der Waals surface area contributed by atoms with Crippen molar-refractivity contribution in [3.63, 3.8) is 0 Å². The summed E-state index contributed by atoms with van der Waals surface area (Å²) >= 11 is 8.66. The molecule has 30 heavy (non-hydrogen) atoms. The second-order valence-electron chi connectivity index (χ2n) is 8.36. The molecule has 2 unspecified atom stereocenters. The first kappa shape index (κ1) is 22.0. The van der Waals surface area contributed by atoms with E-state index in [0.29, 0.717) is 29.5 Å². The topological polar surface area (TPSA) is 55.4 Å². The summed E-state index contributed by atoms with van der Waals surface area (Å²) in [6, 6.07) is 10.5. The fraction of sp³-hybridized carbons (Fsp3) is 0.478. The maximum Gasteiger partial charge on any atom is 0.341 e. The normalized spacial score (nSPS) is 24.1. The third kappa shape index (κ3) is 4.00. The highest BCUT2D eigenvalue weighted by Crippen LogP contribution is 2.66. The summed E-state index contributed by atoms with van der Waals surface area (Å²) < 4.78 is 5.10. The number of thiophene rings is 1. The van der Waals surface area contributed by atoms with E-state index >= 15 is 0 Å². The van der Waals surface area contributed by atoms with Gasteiger partial charge < -0.3 is 10.1 Å². The lowest BCUT2D eigenvalue weighted by Gasteiger charge is -2.23. The average molecular weight is 555 g/mol. The minimum atomic E-state index is -0.547. The Morgan fingerprint density at radius 2 is 1.97 bits per heavy atom. The average Bonchev–Trinajstić information content (AvgIpc) is 3.07. The van der Waals surface area contributed by atoms with Gasteiger partial charge in [0.25, 0.3) is 0 Å². The molecule has 0 spiro atoms. The number of anilines is 1.